The molecular weight excluding hydrogens is 354 g/mol. The molecule has 2 aromatic heterocycles. The summed E-state index contributed by atoms with van der Waals surface area (Å²) in [6, 6.07) is 15.1. The highest BCUT2D eigenvalue weighted by Gasteiger charge is 2.01. The van der Waals surface area contributed by atoms with Gasteiger partial charge in [-0.2, -0.15) is 30.0 Å². The fraction of sp³-hybridized carbons (Fsp3) is 0.150. The molecule has 2 N–H and O–H groups in total. The lowest BCUT2D eigenvalue weighted by molar-refractivity contribution is 0.101. The number of ketones is 1. The van der Waals surface area contributed by atoms with Crippen LogP contribution in [0.5, 0.6) is 0 Å². The van der Waals surface area contributed by atoms with Gasteiger partial charge >= 0.3 is 0 Å². The molecule has 0 radical (unpaired) electrons. The highest BCUT2D eigenvalue weighted by molar-refractivity contribution is 5.94. The van der Waals surface area contributed by atoms with E-state index in [4.69, 9.17) is 5.73 Å². The van der Waals surface area contributed by atoms with Gasteiger partial charge in [0.15, 0.2) is 5.78 Å². The Hall–Kier alpha value is -3.65. The molecule has 1 atom stereocenters. The van der Waals surface area contributed by atoms with Crippen LogP contribution in [0.3, 0.4) is 0 Å². The summed E-state index contributed by atoms with van der Waals surface area (Å²) in [6.07, 6.45) is 6.52. The van der Waals surface area contributed by atoms with Gasteiger partial charge in [-0.3, -0.25) is 4.79 Å². The van der Waals surface area contributed by atoms with Gasteiger partial charge in [0, 0.05) is 11.6 Å². The highest BCUT2D eigenvalue weighted by atomic mass is 16.1. The van der Waals surface area contributed by atoms with Gasteiger partial charge in [0.05, 0.1) is 36.2 Å². The lowest BCUT2D eigenvalue weighted by Gasteiger charge is -2.05. The zero-order valence-electron chi connectivity index (χ0n) is 15.7. The van der Waals surface area contributed by atoms with Crippen LogP contribution in [-0.4, -0.2) is 35.8 Å². The van der Waals surface area contributed by atoms with E-state index in [0.29, 0.717) is 5.56 Å². The third kappa shape index (κ3) is 4.74. The first kappa shape index (κ1) is 19.1. The minimum absolute atomic E-state index is 0.0602. The Morgan fingerprint density at radius 1 is 0.786 bits per heavy atom. The molecule has 0 saturated heterocycles. The highest BCUT2D eigenvalue weighted by Crippen LogP contribution is 2.12. The first-order valence-corrected chi connectivity index (χ1v) is 8.74. The number of Topliss-reactive ketones (excluding diaryl/α,β-unsaturated/α-hetero) is 1. The van der Waals surface area contributed by atoms with Crippen LogP contribution in [0.25, 0.3) is 11.4 Å². The summed E-state index contributed by atoms with van der Waals surface area (Å²) < 4.78 is 0. The predicted octanol–water partition coefficient (Wildman–Crippen LogP) is 2.76. The molecular formula is C20H21N7O. The summed E-state index contributed by atoms with van der Waals surface area (Å²) in [5.74, 6) is 0.0602. The third-order valence-electron chi connectivity index (χ3n) is 3.99. The maximum absolute atomic E-state index is 11.0. The summed E-state index contributed by atoms with van der Waals surface area (Å²) in [5.41, 5.74) is 9.34. The summed E-state index contributed by atoms with van der Waals surface area (Å²) >= 11 is 0. The lowest BCUT2D eigenvalue weighted by atomic mass is 10.1. The number of hydrogen-bond donors (Lipinski definition) is 1. The van der Waals surface area contributed by atoms with Crippen molar-refractivity contribution in [2.24, 2.45) is 5.73 Å². The van der Waals surface area contributed by atoms with Gasteiger partial charge in [-0.15, -0.1) is 0 Å². The molecule has 0 aliphatic rings. The van der Waals surface area contributed by atoms with E-state index < -0.39 is 0 Å². The van der Waals surface area contributed by atoms with Crippen molar-refractivity contribution in [2.75, 3.05) is 0 Å². The molecule has 28 heavy (non-hydrogen) atoms. The number of aromatic nitrogens is 6. The number of nitrogens with two attached hydrogens (primary N) is 1. The zero-order chi connectivity index (χ0) is 19.9. The van der Waals surface area contributed by atoms with Crippen molar-refractivity contribution in [3.63, 3.8) is 0 Å². The van der Waals surface area contributed by atoms with Gasteiger partial charge in [-0.1, -0.05) is 12.1 Å². The quantitative estimate of drug-likeness (QED) is 0.550. The third-order valence-corrected chi connectivity index (χ3v) is 3.99. The molecule has 0 fully saturated rings. The van der Waals surface area contributed by atoms with Gasteiger partial charge in [-0.05, 0) is 55.8 Å². The Labute approximate surface area is 162 Å². The van der Waals surface area contributed by atoms with E-state index in [1.54, 1.807) is 48.6 Å². The van der Waals surface area contributed by atoms with Crippen LogP contribution in [0.2, 0.25) is 0 Å². The maximum Gasteiger partial charge on any atom is 0.159 e. The van der Waals surface area contributed by atoms with E-state index in [2.05, 4.69) is 20.4 Å². The van der Waals surface area contributed by atoms with Crippen LogP contribution in [-0.2, 0) is 0 Å². The Kier molecular flexibility index (Phi) is 6.03. The fourth-order valence-corrected chi connectivity index (χ4v) is 2.44. The van der Waals surface area contributed by atoms with Crippen molar-refractivity contribution in [2.45, 2.75) is 19.9 Å². The van der Waals surface area contributed by atoms with E-state index in [1.165, 1.54) is 4.80 Å². The average Bonchev–Trinajstić information content (AvgIpc) is 3.43. The molecule has 4 aromatic rings. The number of carbonyl (C=O) groups is 1. The molecule has 0 aliphatic heterocycles. The van der Waals surface area contributed by atoms with Gasteiger partial charge in [-0.25, -0.2) is 0 Å². The Bertz CT molecular complexity index is 990. The number of carbonyl (C=O) groups excluding carboxylic acids is 1. The molecule has 8 nitrogen and oxygen atoms in total. The van der Waals surface area contributed by atoms with Crippen LogP contribution < -0.4 is 5.73 Å². The van der Waals surface area contributed by atoms with E-state index in [-0.39, 0.29) is 11.8 Å². The lowest BCUT2D eigenvalue weighted by Crippen LogP contribution is -2.05. The minimum Gasteiger partial charge on any atom is -0.324 e. The van der Waals surface area contributed by atoms with Crippen molar-refractivity contribution < 1.29 is 4.79 Å². The van der Waals surface area contributed by atoms with Crippen molar-refractivity contribution in [3.8, 4) is 11.4 Å². The molecule has 2 aromatic carbocycles. The molecule has 2 heterocycles. The summed E-state index contributed by atoms with van der Waals surface area (Å²) in [6.45, 7) is 3.50. The van der Waals surface area contributed by atoms with E-state index in [9.17, 15) is 4.79 Å². The molecule has 0 amide bonds. The molecule has 1 unspecified atom stereocenters. The van der Waals surface area contributed by atoms with E-state index in [1.807, 2.05) is 43.3 Å². The molecule has 8 heteroatoms. The molecule has 0 saturated carbocycles. The SMILES string of the molecule is CC(=O)c1ccc(-n2nccn2)cc1.CC(N)c1ccc(-n2nccn2)cc1. The van der Waals surface area contributed by atoms with E-state index >= 15 is 0 Å². The van der Waals surface area contributed by atoms with Gasteiger partial charge in [0.25, 0.3) is 0 Å². The summed E-state index contributed by atoms with van der Waals surface area (Å²) in [7, 11) is 0. The first-order chi connectivity index (χ1) is 13.5. The monoisotopic (exact) mass is 375 g/mol. The van der Waals surface area contributed by atoms with E-state index in [0.717, 1.165) is 16.9 Å². The molecule has 142 valence electrons. The maximum atomic E-state index is 11.0. The topological polar surface area (TPSA) is 105 Å². The second-order valence-electron chi connectivity index (χ2n) is 6.12. The van der Waals surface area contributed by atoms with Crippen LogP contribution in [0.1, 0.15) is 35.8 Å². The van der Waals surface area contributed by atoms with Crippen LogP contribution >= 0.6 is 0 Å². The van der Waals surface area contributed by atoms with Gasteiger partial charge in [0.1, 0.15) is 0 Å². The summed E-state index contributed by atoms with van der Waals surface area (Å²) in [4.78, 5) is 14.1. The van der Waals surface area contributed by atoms with Crippen molar-refractivity contribution >= 4 is 5.78 Å². The standard InChI is InChI=1S/C10H12N4.C10H9N3O/c1-8(11)9-2-4-10(5-3-9)14-12-6-7-13-14;1-8(14)9-2-4-10(5-3-9)13-11-6-7-12-13/h2-8H,11H2,1H3;2-7H,1H3. The van der Waals surface area contributed by atoms with Crippen molar-refractivity contribution in [1.82, 2.24) is 30.0 Å². The number of rotatable bonds is 4. The first-order valence-electron chi connectivity index (χ1n) is 8.74. The molecule has 4 rings (SSSR count). The minimum atomic E-state index is 0.0602. The Morgan fingerprint density at radius 3 is 1.54 bits per heavy atom. The van der Waals surface area contributed by atoms with Crippen LogP contribution in [0.15, 0.2) is 73.3 Å². The smallest absolute Gasteiger partial charge is 0.159 e. The van der Waals surface area contributed by atoms with Crippen molar-refractivity contribution in [3.05, 3.63) is 84.4 Å². The number of benzene rings is 2. The Balaban J connectivity index is 0.000000161. The molecule has 0 aliphatic carbocycles. The number of hydrogen-bond acceptors (Lipinski definition) is 6. The average molecular weight is 375 g/mol. The van der Waals surface area contributed by atoms with Crippen LogP contribution in [0.4, 0.5) is 0 Å². The normalized spacial score (nSPS) is 11.4. The van der Waals surface area contributed by atoms with Crippen LogP contribution in [0, 0.1) is 0 Å². The Morgan fingerprint density at radius 2 is 1.18 bits per heavy atom. The van der Waals surface area contributed by atoms with Gasteiger partial charge < -0.3 is 5.73 Å². The zero-order valence-corrected chi connectivity index (χ0v) is 15.7. The number of nitrogens with zero attached hydrogens (tertiary/aromatic N) is 6. The van der Waals surface area contributed by atoms with Gasteiger partial charge in [0.2, 0.25) is 0 Å². The summed E-state index contributed by atoms with van der Waals surface area (Å²) in [5, 5.41) is 16.0. The largest absolute Gasteiger partial charge is 0.324 e. The molecule has 0 spiro atoms. The second kappa shape index (κ2) is 8.83. The molecule has 0 bridgehead atoms. The predicted molar refractivity (Wildman–Crippen MR) is 105 cm³/mol. The second-order valence-corrected chi connectivity index (χ2v) is 6.12. The van der Waals surface area contributed by atoms with Crippen molar-refractivity contribution in [1.29, 1.82) is 0 Å². The fourth-order valence-electron chi connectivity index (χ4n) is 2.44.